The Balaban J connectivity index is 3.17. The fourth-order valence-electron chi connectivity index (χ4n) is 3.24. The maximum absolute atomic E-state index is 10.0. The summed E-state index contributed by atoms with van der Waals surface area (Å²) in [5.74, 6) is 0. The number of nitrogens with one attached hydrogen (secondary N) is 1. The largest absolute Gasteiger partial charge is 0.392 e. The molecule has 0 saturated carbocycles. The first-order valence-electron chi connectivity index (χ1n) is 10.1. The monoisotopic (exact) mass is 313 g/mol. The van der Waals surface area contributed by atoms with E-state index in [4.69, 9.17) is 0 Å². The van der Waals surface area contributed by atoms with Crippen LogP contribution < -0.4 is 5.32 Å². The summed E-state index contributed by atoms with van der Waals surface area (Å²) in [7, 11) is 1.95. The highest BCUT2D eigenvalue weighted by Gasteiger charge is 2.14. The SMILES string of the molecule is CCCCCCCCCCCCCCCC(O)C(CC)NC. The van der Waals surface area contributed by atoms with Crippen molar-refractivity contribution in [2.75, 3.05) is 7.05 Å². The van der Waals surface area contributed by atoms with E-state index in [9.17, 15) is 5.11 Å². The highest BCUT2D eigenvalue weighted by atomic mass is 16.3. The van der Waals surface area contributed by atoms with Gasteiger partial charge < -0.3 is 10.4 Å². The topological polar surface area (TPSA) is 32.3 Å². The number of aliphatic hydroxyl groups excluding tert-OH is 1. The first-order chi connectivity index (χ1) is 10.8. The van der Waals surface area contributed by atoms with Crippen LogP contribution in [0, 0.1) is 0 Å². The number of likely N-dealkylation sites (N-methyl/N-ethyl adjacent to an activating group) is 1. The van der Waals surface area contributed by atoms with Gasteiger partial charge in [0.25, 0.3) is 0 Å². The molecule has 134 valence electrons. The average molecular weight is 314 g/mol. The Kier molecular flexibility index (Phi) is 17.2. The van der Waals surface area contributed by atoms with Crippen molar-refractivity contribution in [3.05, 3.63) is 0 Å². The standard InChI is InChI=1S/C20H43NO/c1-4-6-7-8-9-10-11-12-13-14-15-16-17-18-20(22)19(5-2)21-3/h19-22H,4-18H2,1-3H3. The molecule has 0 radical (unpaired) electrons. The molecule has 0 aromatic rings. The Hall–Kier alpha value is -0.0800. The zero-order valence-electron chi connectivity index (χ0n) is 15.7. The predicted molar refractivity (Wildman–Crippen MR) is 99.5 cm³/mol. The van der Waals surface area contributed by atoms with E-state index in [-0.39, 0.29) is 12.1 Å². The molecule has 2 unspecified atom stereocenters. The van der Waals surface area contributed by atoms with Crippen LogP contribution in [0.2, 0.25) is 0 Å². The molecule has 0 bridgehead atoms. The lowest BCUT2D eigenvalue weighted by molar-refractivity contribution is 0.116. The van der Waals surface area contributed by atoms with Gasteiger partial charge in [-0.25, -0.2) is 0 Å². The molecule has 2 atom stereocenters. The van der Waals surface area contributed by atoms with Gasteiger partial charge in [-0.3, -0.25) is 0 Å². The lowest BCUT2D eigenvalue weighted by Gasteiger charge is -2.20. The average Bonchev–Trinajstić information content (AvgIpc) is 2.53. The maximum atomic E-state index is 10.0. The van der Waals surface area contributed by atoms with Gasteiger partial charge >= 0.3 is 0 Å². The molecule has 0 rings (SSSR count). The molecule has 0 aliphatic carbocycles. The van der Waals surface area contributed by atoms with E-state index in [1.54, 1.807) is 0 Å². The molecule has 0 heterocycles. The van der Waals surface area contributed by atoms with Gasteiger partial charge in [0.05, 0.1) is 6.10 Å². The van der Waals surface area contributed by atoms with Crippen molar-refractivity contribution in [2.45, 2.75) is 122 Å². The van der Waals surface area contributed by atoms with Gasteiger partial charge in [0, 0.05) is 6.04 Å². The Morgan fingerprint density at radius 3 is 1.45 bits per heavy atom. The molecule has 0 aromatic heterocycles. The van der Waals surface area contributed by atoms with E-state index in [0.717, 1.165) is 12.8 Å². The number of hydrogen-bond donors (Lipinski definition) is 2. The fourth-order valence-corrected chi connectivity index (χ4v) is 3.24. The van der Waals surface area contributed by atoms with E-state index in [0.29, 0.717) is 0 Å². The predicted octanol–water partition coefficient (Wildman–Crippen LogP) is 5.83. The van der Waals surface area contributed by atoms with Crippen LogP contribution in [0.4, 0.5) is 0 Å². The van der Waals surface area contributed by atoms with E-state index in [1.807, 2.05) is 7.05 Å². The van der Waals surface area contributed by atoms with Crippen molar-refractivity contribution in [1.82, 2.24) is 5.32 Å². The number of rotatable bonds is 17. The molecular weight excluding hydrogens is 270 g/mol. The molecular formula is C20H43NO. The van der Waals surface area contributed by atoms with Crippen LogP contribution in [0.5, 0.6) is 0 Å². The number of unbranched alkanes of at least 4 members (excludes halogenated alkanes) is 12. The highest BCUT2D eigenvalue weighted by Crippen LogP contribution is 2.14. The second kappa shape index (κ2) is 17.3. The molecule has 0 fully saturated rings. The minimum atomic E-state index is -0.164. The molecule has 2 N–H and O–H groups in total. The van der Waals surface area contributed by atoms with E-state index in [2.05, 4.69) is 19.2 Å². The van der Waals surface area contributed by atoms with Crippen LogP contribution in [-0.2, 0) is 0 Å². The molecule has 0 spiro atoms. The summed E-state index contributed by atoms with van der Waals surface area (Å²) in [6.45, 7) is 4.41. The number of hydrogen-bond acceptors (Lipinski definition) is 2. The molecule has 0 aromatic carbocycles. The Morgan fingerprint density at radius 2 is 1.09 bits per heavy atom. The van der Waals surface area contributed by atoms with Gasteiger partial charge in [-0.2, -0.15) is 0 Å². The van der Waals surface area contributed by atoms with Crippen molar-refractivity contribution in [3.63, 3.8) is 0 Å². The lowest BCUT2D eigenvalue weighted by Crippen LogP contribution is -2.36. The van der Waals surface area contributed by atoms with Gasteiger partial charge in [0.1, 0.15) is 0 Å². The second-order valence-corrected chi connectivity index (χ2v) is 6.90. The molecule has 0 aliphatic rings. The Labute approximate surface area is 140 Å². The normalized spacial score (nSPS) is 14.2. The minimum Gasteiger partial charge on any atom is -0.392 e. The quantitative estimate of drug-likeness (QED) is 0.331. The molecule has 22 heavy (non-hydrogen) atoms. The van der Waals surface area contributed by atoms with Crippen LogP contribution in [0.15, 0.2) is 0 Å². The van der Waals surface area contributed by atoms with Gasteiger partial charge in [0.15, 0.2) is 0 Å². The Morgan fingerprint density at radius 1 is 0.682 bits per heavy atom. The van der Waals surface area contributed by atoms with Crippen molar-refractivity contribution in [3.8, 4) is 0 Å². The summed E-state index contributed by atoms with van der Waals surface area (Å²) in [5.41, 5.74) is 0. The summed E-state index contributed by atoms with van der Waals surface area (Å²) in [5, 5.41) is 13.2. The zero-order valence-corrected chi connectivity index (χ0v) is 15.7. The smallest absolute Gasteiger partial charge is 0.0693 e. The third-order valence-electron chi connectivity index (χ3n) is 4.88. The summed E-state index contributed by atoms with van der Waals surface area (Å²) in [6, 6.07) is 0.275. The molecule has 2 heteroatoms. The van der Waals surface area contributed by atoms with Crippen molar-refractivity contribution in [1.29, 1.82) is 0 Å². The zero-order chi connectivity index (χ0) is 16.5. The van der Waals surface area contributed by atoms with Gasteiger partial charge in [0.2, 0.25) is 0 Å². The fraction of sp³-hybridized carbons (Fsp3) is 1.00. The molecule has 2 nitrogen and oxygen atoms in total. The van der Waals surface area contributed by atoms with Crippen molar-refractivity contribution in [2.24, 2.45) is 0 Å². The highest BCUT2D eigenvalue weighted by molar-refractivity contribution is 4.72. The van der Waals surface area contributed by atoms with Crippen molar-refractivity contribution < 1.29 is 5.11 Å². The third-order valence-corrected chi connectivity index (χ3v) is 4.88. The first-order valence-corrected chi connectivity index (χ1v) is 10.1. The summed E-state index contributed by atoms with van der Waals surface area (Å²) < 4.78 is 0. The second-order valence-electron chi connectivity index (χ2n) is 6.90. The van der Waals surface area contributed by atoms with Crippen LogP contribution in [-0.4, -0.2) is 24.3 Å². The maximum Gasteiger partial charge on any atom is 0.0693 e. The Bertz CT molecular complexity index is 204. The first kappa shape index (κ1) is 21.9. The van der Waals surface area contributed by atoms with Crippen molar-refractivity contribution >= 4 is 0 Å². The molecule has 0 amide bonds. The van der Waals surface area contributed by atoms with Gasteiger partial charge in [-0.05, 0) is 19.9 Å². The summed E-state index contributed by atoms with van der Waals surface area (Å²) >= 11 is 0. The lowest BCUT2D eigenvalue weighted by atomic mass is 10.0. The van der Waals surface area contributed by atoms with Crippen LogP contribution in [0.3, 0.4) is 0 Å². The summed E-state index contributed by atoms with van der Waals surface area (Å²) in [4.78, 5) is 0. The van der Waals surface area contributed by atoms with Crippen LogP contribution in [0.1, 0.15) is 110 Å². The summed E-state index contributed by atoms with van der Waals surface area (Å²) in [6.07, 6.45) is 19.8. The number of aliphatic hydroxyl groups is 1. The molecule has 0 aliphatic heterocycles. The molecule has 0 saturated heterocycles. The van der Waals surface area contributed by atoms with E-state index in [1.165, 1.54) is 83.5 Å². The van der Waals surface area contributed by atoms with Crippen LogP contribution in [0.25, 0.3) is 0 Å². The van der Waals surface area contributed by atoms with E-state index < -0.39 is 0 Å². The van der Waals surface area contributed by atoms with E-state index >= 15 is 0 Å². The van der Waals surface area contributed by atoms with Crippen LogP contribution >= 0.6 is 0 Å². The van der Waals surface area contributed by atoms with Gasteiger partial charge in [-0.1, -0.05) is 97.3 Å². The van der Waals surface area contributed by atoms with Gasteiger partial charge in [-0.15, -0.1) is 0 Å². The third kappa shape index (κ3) is 13.6. The minimum absolute atomic E-state index is 0.164.